The molecule has 126 valence electrons. The second-order valence-electron chi connectivity index (χ2n) is 5.44. The van der Waals surface area contributed by atoms with Crippen molar-refractivity contribution in [1.82, 2.24) is 4.98 Å². The highest BCUT2D eigenvalue weighted by Gasteiger charge is 2.11. The van der Waals surface area contributed by atoms with Crippen molar-refractivity contribution in [2.45, 2.75) is 6.92 Å². The van der Waals surface area contributed by atoms with Crippen LogP contribution in [0.25, 0.3) is 0 Å². The molecule has 0 aliphatic carbocycles. The van der Waals surface area contributed by atoms with Crippen LogP contribution < -0.4 is 10.2 Å². The third-order valence-corrected chi connectivity index (χ3v) is 4.31. The van der Waals surface area contributed by atoms with Gasteiger partial charge < -0.3 is 10.2 Å². The smallest absolute Gasteiger partial charge is 0.274 e. The molecule has 0 aliphatic rings. The average molecular weight is 396 g/mol. The maximum atomic E-state index is 12.3. The lowest BCUT2D eigenvalue weighted by Crippen LogP contribution is -2.17. The minimum Gasteiger partial charge on any atom is -0.341 e. The summed E-state index contributed by atoms with van der Waals surface area (Å²) in [6, 6.07) is 21.2. The van der Waals surface area contributed by atoms with E-state index in [2.05, 4.69) is 50.2 Å². The molecule has 1 N–H and O–H groups in total. The number of carbonyl (C=O) groups is 1. The van der Waals surface area contributed by atoms with E-state index in [4.69, 9.17) is 0 Å². The van der Waals surface area contributed by atoms with Gasteiger partial charge in [-0.25, -0.2) is 4.98 Å². The molecule has 2 aromatic carbocycles. The summed E-state index contributed by atoms with van der Waals surface area (Å²) in [5.41, 5.74) is 3.17. The standard InChI is InChI=1S/C20H18BrN3O/c1-2-24(17-6-4-3-5-7-17)18-12-13-19(22-14-18)20(25)23-16-10-8-15(21)9-11-16/h3-14H,2H2,1H3,(H,23,25). The Balaban J connectivity index is 1.75. The Morgan fingerprint density at radius 2 is 1.72 bits per heavy atom. The van der Waals surface area contributed by atoms with E-state index in [9.17, 15) is 4.79 Å². The van der Waals surface area contributed by atoms with Crippen molar-refractivity contribution in [3.05, 3.63) is 83.1 Å². The fraction of sp³-hybridized carbons (Fsp3) is 0.100. The maximum absolute atomic E-state index is 12.3. The molecule has 3 rings (SSSR count). The minimum absolute atomic E-state index is 0.225. The van der Waals surface area contributed by atoms with Gasteiger partial charge in [0.25, 0.3) is 5.91 Å². The second-order valence-corrected chi connectivity index (χ2v) is 6.36. The molecule has 0 unspecified atom stereocenters. The van der Waals surface area contributed by atoms with Gasteiger partial charge in [-0.3, -0.25) is 4.79 Å². The molecule has 0 aliphatic heterocycles. The van der Waals surface area contributed by atoms with Gasteiger partial charge >= 0.3 is 0 Å². The Morgan fingerprint density at radius 1 is 1.00 bits per heavy atom. The number of halogens is 1. The predicted molar refractivity (Wildman–Crippen MR) is 105 cm³/mol. The minimum atomic E-state index is -0.225. The summed E-state index contributed by atoms with van der Waals surface area (Å²) in [4.78, 5) is 18.8. The van der Waals surface area contributed by atoms with Crippen LogP contribution in [-0.4, -0.2) is 17.4 Å². The van der Waals surface area contributed by atoms with Gasteiger partial charge in [-0.2, -0.15) is 0 Å². The zero-order chi connectivity index (χ0) is 17.6. The van der Waals surface area contributed by atoms with Gasteiger partial charge in [0.15, 0.2) is 0 Å². The SMILES string of the molecule is CCN(c1ccccc1)c1ccc(C(=O)Nc2ccc(Br)cc2)nc1. The molecule has 0 spiro atoms. The molecule has 0 fully saturated rings. The number of hydrogen-bond donors (Lipinski definition) is 1. The number of benzene rings is 2. The van der Waals surface area contributed by atoms with Crippen LogP contribution in [0.2, 0.25) is 0 Å². The van der Waals surface area contributed by atoms with Crippen LogP contribution in [0.5, 0.6) is 0 Å². The first-order chi connectivity index (χ1) is 12.2. The largest absolute Gasteiger partial charge is 0.341 e. The van der Waals surface area contributed by atoms with Crippen LogP contribution in [0.15, 0.2) is 77.4 Å². The Kier molecular flexibility index (Phi) is 5.46. The molecule has 25 heavy (non-hydrogen) atoms. The van der Waals surface area contributed by atoms with E-state index >= 15 is 0 Å². The zero-order valence-corrected chi connectivity index (χ0v) is 15.4. The van der Waals surface area contributed by atoms with Crippen LogP contribution in [0, 0.1) is 0 Å². The quantitative estimate of drug-likeness (QED) is 0.640. The third kappa shape index (κ3) is 4.25. The first kappa shape index (κ1) is 17.2. The van der Waals surface area contributed by atoms with Crippen LogP contribution >= 0.6 is 15.9 Å². The van der Waals surface area contributed by atoms with E-state index in [1.54, 1.807) is 12.3 Å². The summed E-state index contributed by atoms with van der Waals surface area (Å²) < 4.78 is 0.966. The molecule has 0 radical (unpaired) electrons. The monoisotopic (exact) mass is 395 g/mol. The third-order valence-electron chi connectivity index (χ3n) is 3.78. The zero-order valence-electron chi connectivity index (χ0n) is 13.8. The van der Waals surface area contributed by atoms with Crippen molar-refractivity contribution in [3.63, 3.8) is 0 Å². The van der Waals surface area contributed by atoms with Gasteiger partial charge in [0, 0.05) is 22.4 Å². The summed E-state index contributed by atoms with van der Waals surface area (Å²) in [6.07, 6.45) is 1.73. The van der Waals surface area contributed by atoms with Crippen molar-refractivity contribution in [2.24, 2.45) is 0 Å². The Hall–Kier alpha value is -2.66. The molecular formula is C20H18BrN3O. The number of rotatable bonds is 5. The molecule has 0 atom stereocenters. The number of anilines is 3. The molecular weight excluding hydrogens is 378 g/mol. The fourth-order valence-corrected chi connectivity index (χ4v) is 2.79. The second kappa shape index (κ2) is 7.94. The fourth-order valence-electron chi connectivity index (χ4n) is 2.53. The summed E-state index contributed by atoms with van der Waals surface area (Å²) in [5.74, 6) is -0.225. The Labute approximate surface area is 155 Å². The lowest BCUT2D eigenvalue weighted by Gasteiger charge is -2.22. The summed E-state index contributed by atoms with van der Waals surface area (Å²) in [6.45, 7) is 2.90. The summed E-state index contributed by atoms with van der Waals surface area (Å²) in [7, 11) is 0. The highest BCUT2D eigenvalue weighted by atomic mass is 79.9. The number of nitrogens with zero attached hydrogens (tertiary/aromatic N) is 2. The van der Waals surface area contributed by atoms with E-state index in [1.807, 2.05) is 48.5 Å². The normalized spacial score (nSPS) is 10.3. The first-order valence-corrected chi connectivity index (χ1v) is 8.82. The molecule has 3 aromatic rings. The number of aromatic nitrogens is 1. The number of amides is 1. The predicted octanol–water partition coefficient (Wildman–Crippen LogP) is 5.25. The molecule has 1 amide bonds. The molecule has 5 heteroatoms. The lowest BCUT2D eigenvalue weighted by atomic mass is 10.2. The average Bonchev–Trinajstić information content (AvgIpc) is 2.66. The molecule has 4 nitrogen and oxygen atoms in total. The van der Waals surface area contributed by atoms with Crippen LogP contribution in [0.4, 0.5) is 17.1 Å². The highest BCUT2D eigenvalue weighted by Crippen LogP contribution is 2.24. The van der Waals surface area contributed by atoms with Crippen LogP contribution in [0.1, 0.15) is 17.4 Å². The summed E-state index contributed by atoms with van der Waals surface area (Å²) in [5, 5.41) is 2.84. The number of nitrogens with one attached hydrogen (secondary N) is 1. The molecule has 0 saturated heterocycles. The number of hydrogen-bond acceptors (Lipinski definition) is 3. The van der Waals surface area contributed by atoms with E-state index in [0.717, 1.165) is 28.1 Å². The topological polar surface area (TPSA) is 45.2 Å². The number of pyridine rings is 1. The molecule has 1 heterocycles. The van der Waals surface area contributed by atoms with E-state index in [0.29, 0.717) is 5.69 Å². The molecule has 0 bridgehead atoms. The van der Waals surface area contributed by atoms with E-state index in [1.165, 1.54) is 0 Å². The van der Waals surface area contributed by atoms with Gasteiger partial charge in [0.2, 0.25) is 0 Å². The Bertz CT molecular complexity index is 833. The first-order valence-electron chi connectivity index (χ1n) is 8.03. The molecule has 1 aromatic heterocycles. The van der Waals surface area contributed by atoms with E-state index in [-0.39, 0.29) is 5.91 Å². The Morgan fingerprint density at radius 3 is 2.32 bits per heavy atom. The van der Waals surface area contributed by atoms with Crippen molar-refractivity contribution >= 4 is 38.9 Å². The van der Waals surface area contributed by atoms with Crippen molar-refractivity contribution in [3.8, 4) is 0 Å². The van der Waals surface area contributed by atoms with Crippen LogP contribution in [-0.2, 0) is 0 Å². The van der Waals surface area contributed by atoms with Crippen molar-refractivity contribution in [2.75, 3.05) is 16.8 Å². The number of para-hydroxylation sites is 1. The molecule has 0 saturated carbocycles. The lowest BCUT2D eigenvalue weighted by molar-refractivity contribution is 0.102. The maximum Gasteiger partial charge on any atom is 0.274 e. The van der Waals surface area contributed by atoms with Gasteiger partial charge in [-0.15, -0.1) is 0 Å². The van der Waals surface area contributed by atoms with Gasteiger partial charge in [0.05, 0.1) is 11.9 Å². The van der Waals surface area contributed by atoms with Gasteiger partial charge in [0.1, 0.15) is 5.69 Å². The van der Waals surface area contributed by atoms with Gasteiger partial charge in [-0.05, 0) is 55.5 Å². The van der Waals surface area contributed by atoms with Crippen LogP contribution in [0.3, 0.4) is 0 Å². The number of carbonyl (C=O) groups excluding carboxylic acids is 1. The van der Waals surface area contributed by atoms with E-state index < -0.39 is 0 Å². The highest BCUT2D eigenvalue weighted by molar-refractivity contribution is 9.10. The van der Waals surface area contributed by atoms with Crippen molar-refractivity contribution < 1.29 is 4.79 Å². The van der Waals surface area contributed by atoms with Crippen molar-refractivity contribution in [1.29, 1.82) is 0 Å². The van der Waals surface area contributed by atoms with Gasteiger partial charge in [-0.1, -0.05) is 34.1 Å². The summed E-state index contributed by atoms with van der Waals surface area (Å²) >= 11 is 3.37.